The molecule has 0 radical (unpaired) electrons. The Kier molecular flexibility index (Phi) is 7.47. The third-order valence-electron chi connectivity index (χ3n) is 3.90. The van der Waals surface area contributed by atoms with Gasteiger partial charge in [-0.3, -0.25) is 0 Å². The molecule has 156 valence electrons. The van der Waals surface area contributed by atoms with Gasteiger partial charge in [0.2, 0.25) is 0 Å². The van der Waals surface area contributed by atoms with Gasteiger partial charge in [-0.05, 0) is 32.4 Å². The Morgan fingerprint density at radius 1 is 1.07 bits per heavy atom. The summed E-state index contributed by atoms with van der Waals surface area (Å²) in [5.41, 5.74) is 0.769. The molecule has 0 bridgehead atoms. The molecule has 0 aliphatic rings. The van der Waals surface area contributed by atoms with Crippen molar-refractivity contribution in [1.82, 2.24) is 5.32 Å². The second kappa shape index (κ2) is 9.82. The van der Waals surface area contributed by atoms with E-state index in [1.54, 1.807) is 32.9 Å². The first-order valence-corrected chi connectivity index (χ1v) is 9.24. The molecule has 7 heteroatoms. The first kappa shape index (κ1) is 22.1. The summed E-state index contributed by atoms with van der Waals surface area (Å²) in [4.78, 5) is 24.3. The molecule has 2 aromatic carbocycles. The molecule has 29 heavy (non-hydrogen) atoms. The Morgan fingerprint density at radius 2 is 1.76 bits per heavy atom. The lowest BCUT2D eigenvalue weighted by Gasteiger charge is -2.23. The monoisotopic (exact) mass is 401 g/mol. The van der Waals surface area contributed by atoms with Gasteiger partial charge in [0.1, 0.15) is 18.2 Å². The predicted molar refractivity (Wildman–Crippen MR) is 108 cm³/mol. The van der Waals surface area contributed by atoms with Crippen molar-refractivity contribution in [2.24, 2.45) is 0 Å². The molecule has 2 aromatic rings. The third kappa shape index (κ3) is 7.03. The summed E-state index contributed by atoms with van der Waals surface area (Å²) in [6.45, 7) is 5.42. The van der Waals surface area contributed by atoms with Gasteiger partial charge in [0.15, 0.2) is 11.5 Å². The number of rotatable bonds is 7. The van der Waals surface area contributed by atoms with Crippen LogP contribution in [0.1, 0.15) is 31.9 Å². The summed E-state index contributed by atoms with van der Waals surface area (Å²) in [6, 6.07) is 13.3. The number of phenols is 1. The van der Waals surface area contributed by atoms with Crippen LogP contribution >= 0.6 is 0 Å². The predicted octanol–water partition coefficient (Wildman–Crippen LogP) is 3.58. The second-order valence-electron chi connectivity index (χ2n) is 7.47. The van der Waals surface area contributed by atoms with Gasteiger partial charge < -0.3 is 24.6 Å². The summed E-state index contributed by atoms with van der Waals surface area (Å²) in [7, 11) is 1.24. The lowest BCUT2D eigenvalue weighted by Crippen LogP contribution is -2.45. The summed E-state index contributed by atoms with van der Waals surface area (Å²) < 4.78 is 15.8. The van der Waals surface area contributed by atoms with Crippen LogP contribution in [0.15, 0.2) is 48.5 Å². The average Bonchev–Trinajstić information content (AvgIpc) is 2.65. The van der Waals surface area contributed by atoms with Crippen molar-refractivity contribution in [3.8, 4) is 11.5 Å². The van der Waals surface area contributed by atoms with Gasteiger partial charge in [0, 0.05) is 12.0 Å². The number of alkyl carbamates (subject to hydrolysis) is 1. The highest BCUT2D eigenvalue weighted by atomic mass is 16.6. The zero-order valence-electron chi connectivity index (χ0n) is 17.1. The maximum absolute atomic E-state index is 12.2. The SMILES string of the molecule is COC(=O)[C@H](Cc1cccc(O)c1OCc1ccccc1)NC(=O)OC(C)(C)C. The van der Waals surface area contributed by atoms with Gasteiger partial charge in [-0.25, -0.2) is 9.59 Å². The minimum atomic E-state index is -1.00. The van der Waals surface area contributed by atoms with Crippen LogP contribution < -0.4 is 10.1 Å². The number of benzene rings is 2. The quantitative estimate of drug-likeness (QED) is 0.689. The van der Waals surface area contributed by atoms with Crippen LogP contribution in [0.2, 0.25) is 0 Å². The minimum Gasteiger partial charge on any atom is -0.504 e. The van der Waals surface area contributed by atoms with Crippen LogP contribution in [-0.2, 0) is 27.3 Å². The number of methoxy groups -OCH3 is 1. The molecule has 1 amide bonds. The van der Waals surface area contributed by atoms with Crippen molar-refractivity contribution in [2.75, 3.05) is 7.11 Å². The lowest BCUT2D eigenvalue weighted by molar-refractivity contribution is -0.143. The number of ether oxygens (including phenoxy) is 3. The van der Waals surface area contributed by atoms with E-state index in [1.165, 1.54) is 13.2 Å². The van der Waals surface area contributed by atoms with Gasteiger partial charge in [0.25, 0.3) is 0 Å². The number of hydrogen-bond acceptors (Lipinski definition) is 6. The van der Waals surface area contributed by atoms with Crippen molar-refractivity contribution in [3.63, 3.8) is 0 Å². The molecule has 7 nitrogen and oxygen atoms in total. The van der Waals surface area contributed by atoms with Crippen LogP contribution in [0.25, 0.3) is 0 Å². The molecule has 0 aliphatic heterocycles. The first-order valence-electron chi connectivity index (χ1n) is 9.24. The Bertz CT molecular complexity index is 829. The highest BCUT2D eigenvalue weighted by Crippen LogP contribution is 2.32. The molecular formula is C22H27NO6. The van der Waals surface area contributed by atoms with Crippen LogP contribution in [0.4, 0.5) is 4.79 Å². The van der Waals surface area contributed by atoms with Crippen molar-refractivity contribution < 1.29 is 28.9 Å². The van der Waals surface area contributed by atoms with Gasteiger partial charge in [-0.15, -0.1) is 0 Å². The number of hydrogen-bond donors (Lipinski definition) is 2. The molecule has 0 spiro atoms. The van der Waals surface area contributed by atoms with Gasteiger partial charge in [-0.1, -0.05) is 42.5 Å². The highest BCUT2D eigenvalue weighted by molar-refractivity contribution is 5.81. The minimum absolute atomic E-state index is 0.0562. The summed E-state index contributed by atoms with van der Waals surface area (Å²) in [5, 5.41) is 12.8. The number of para-hydroxylation sites is 1. The van der Waals surface area contributed by atoms with E-state index in [0.717, 1.165) is 5.56 Å². The average molecular weight is 401 g/mol. The lowest BCUT2D eigenvalue weighted by atomic mass is 10.0. The van der Waals surface area contributed by atoms with Gasteiger partial charge in [0.05, 0.1) is 7.11 Å². The van der Waals surface area contributed by atoms with E-state index in [-0.39, 0.29) is 24.5 Å². The highest BCUT2D eigenvalue weighted by Gasteiger charge is 2.27. The Hall–Kier alpha value is -3.22. The Balaban J connectivity index is 2.18. The largest absolute Gasteiger partial charge is 0.504 e. The van der Waals surface area contributed by atoms with Crippen molar-refractivity contribution in [1.29, 1.82) is 0 Å². The fraction of sp³-hybridized carbons (Fsp3) is 0.364. The van der Waals surface area contributed by atoms with E-state index in [0.29, 0.717) is 5.56 Å². The molecule has 2 N–H and O–H groups in total. The maximum Gasteiger partial charge on any atom is 0.408 e. The van der Waals surface area contributed by atoms with E-state index in [9.17, 15) is 14.7 Å². The number of aromatic hydroxyl groups is 1. The second-order valence-corrected chi connectivity index (χ2v) is 7.47. The topological polar surface area (TPSA) is 94.1 Å². The van der Waals surface area contributed by atoms with E-state index < -0.39 is 23.7 Å². The summed E-state index contributed by atoms with van der Waals surface area (Å²) in [6.07, 6.45) is -0.676. The van der Waals surface area contributed by atoms with Crippen LogP contribution in [0.5, 0.6) is 11.5 Å². The fourth-order valence-corrected chi connectivity index (χ4v) is 2.63. The van der Waals surface area contributed by atoms with E-state index in [4.69, 9.17) is 14.2 Å². The number of carbonyl (C=O) groups is 2. The molecule has 0 heterocycles. The number of amides is 1. The summed E-state index contributed by atoms with van der Waals surface area (Å²) >= 11 is 0. The van der Waals surface area contributed by atoms with E-state index in [2.05, 4.69) is 5.32 Å². The molecule has 0 saturated carbocycles. The Morgan fingerprint density at radius 3 is 2.38 bits per heavy atom. The zero-order chi connectivity index (χ0) is 21.4. The third-order valence-corrected chi connectivity index (χ3v) is 3.90. The zero-order valence-corrected chi connectivity index (χ0v) is 17.1. The number of carbonyl (C=O) groups excluding carboxylic acids is 2. The molecule has 2 rings (SSSR count). The van der Waals surface area contributed by atoms with Crippen LogP contribution in [0.3, 0.4) is 0 Å². The fourth-order valence-electron chi connectivity index (χ4n) is 2.63. The van der Waals surface area contributed by atoms with Crippen molar-refractivity contribution in [3.05, 3.63) is 59.7 Å². The number of esters is 1. The van der Waals surface area contributed by atoms with Crippen LogP contribution in [-0.4, -0.2) is 35.9 Å². The molecule has 0 fully saturated rings. The standard InChI is InChI=1S/C22H27NO6/c1-22(2,3)29-21(26)23-17(20(25)27-4)13-16-11-8-12-18(24)19(16)28-14-15-9-6-5-7-10-15/h5-12,17,24H,13-14H2,1-4H3,(H,23,26)/t17-/m0/s1. The molecular weight excluding hydrogens is 374 g/mol. The summed E-state index contributed by atoms with van der Waals surface area (Å²) in [5.74, 6) is -0.441. The van der Waals surface area contributed by atoms with Crippen molar-refractivity contribution >= 4 is 12.1 Å². The van der Waals surface area contributed by atoms with Gasteiger partial charge in [-0.2, -0.15) is 0 Å². The van der Waals surface area contributed by atoms with E-state index in [1.807, 2.05) is 30.3 Å². The van der Waals surface area contributed by atoms with Crippen LogP contribution in [0, 0.1) is 0 Å². The molecule has 0 aromatic heterocycles. The van der Waals surface area contributed by atoms with Crippen molar-refractivity contribution in [2.45, 2.75) is 45.4 Å². The van der Waals surface area contributed by atoms with Gasteiger partial charge >= 0.3 is 12.1 Å². The smallest absolute Gasteiger partial charge is 0.408 e. The van der Waals surface area contributed by atoms with E-state index >= 15 is 0 Å². The maximum atomic E-state index is 12.2. The normalized spacial score (nSPS) is 12.0. The number of nitrogens with one attached hydrogen (secondary N) is 1. The Labute approximate surface area is 170 Å². The molecule has 0 aliphatic carbocycles. The molecule has 1 atom stereocenters. The molecule has 0 saturated heterocycles. The molecule has 0 unspecified atom stereocenters. The number of phenolic OH excluding ortho intramolecular Hbond substituents is 1. The first-order chi connectivity index (χ1) is 13.7.